The molecule has 0 spiro atoms. The Labute approximate surface area is 180 Å². The van der Waals surface area contributed by atoms with E-state index in [0.717, 1.165) is 42.8 Å². The number of likely N-dealkylation sites (tertiary alicyclic amines) is 1. The van der Waals surface area contributed by atoms with Crippen molar-refractivity contribution in [3.8, 4) is 0 Å². The monoisotopic (exact) mass is 420 g/mol. The smallest absolute Gasteiger partial charge is 0.275 e. The third-order valence-electron chi connectivity index (χ3n) is 5.32. The van der Waals surface area contributed by atoms with E-state index >= 15 is 0 Å². The highest BCUT2D eigenvalue weighted by Gasteiger charge is 2.27. The molecule has 3 aromatic heterocycles. The number of nitrogens with zero attached hydrogens (tertiary/aromatic N) is 5. The molecular formula is C23H25FN6O. The highest BCUT2D eigenvalue weighted by molar-refractivity contribution is 6.02. The summed E-state index contributed by atoms with van der Waals surface area (Å²) < 4.78 is 13.2. The first-order valence-corrected chi connectivity index (χ1v) is 10.4. The third kappa shape index (κ3) is 5.27. The number of hydrogen-bond acceptors (Lipinski definition) is 6. The lowest BCUT2D eigenvalue weighted by Gasteiger charge is -2.34. The molecule has 4 rings (SSSR count). The van der Waals surface area contributed by atoms with Crippen LogP contribution in [0.1, 0.15) is 58.6 Å². The van der Waals surface area contributed by atoms with Crippen molar-refractivity contribution in [1.82, 2.24) is 24.8 Å². The van der Waals surface area contributed by atoms with E-state index in [1.165, 1.54) is 12.3 Å². The van der Waals surface area contributed by atoms with Crippen molar-refractivity contribution in [2.45, 2.75) is 45.7 Å². The molecule has 7 nitrogen and oxygen atoms in total. The van der Waals surface area contributed by atoms with Crippen molar-refractivity contribution in [2.24, 2.45) is 0 Å². The summed E-state index contributed by atoms with van der Waals surface area (Å²) in [4.78, 5) is 32.7. The summed E-state index contributed by atoms with van der Waals surface area (Å²) in [5.41, 5.74) is 2.86. The normalized spacial score (nSPS) is 16.8. The molecular weight excluding hydrogens is 395 g/mol. The number of halogens is 1. The van der Waals surface area contributed by atoms with E-state index in [2.05, 4.69) is 30.2 Å². The molecule has 8 heteroatoms. The molecule has 31 heavy (non-hydrogen) atoms. The zero-order valence-electron chi connectivity index (χ0n) is 17.7. The molecule has 0 radical (unpaired) electrons. The predicted octanol–water partition coefficient (Wildman–Crippen LogP) is 4.00. The molecule has 0 saturated carbocycles. The number of nitrogens with one attached hydrogen (secondary N) is 1. The molecule has 1 aliphatic heterocycles. The van der Waals surface area contributed by atoms with Gasteiger partial charge in [0.2, 0.25) is 0 Å². The first-order valence-electron chi connectivity index (χ1n) is 10.4. The molecule has 0 aromatic carbocycles. The lowest BCUT2D eigenvalue weighted by molar-refractivity contribution is 0.101. The van der Waals surface area contributed by atoms with E-state index < -0.39 is 0 Å². The largest absolute Gasteiger partial charge is 0.305 e. The maximum Gasteiger partial charge on any atom is 0.275 e. The van der Waals surface area contributed by atoms with Crippen LogP contribution in [-0.4, -0.2) is 37.3 Å². The van der Waals surface area contributed by atoms with Gasteiger partial charge in [0.1, 0.15) is 23.2 Å². The molecule has 160 valence electrons. The summed E-state index contributed by atoms with van der Waals surface area (Å²) in [6.45, 7) is 5.25. The first kappa shape index (κ1) is 21.0. The van der Waals surface area contributed by atoms with Gasteiger partial charge in [-0.15, -0.1) is 0 Å². The Hall–Kier alpha value is -3.26. The second-order valence-corrected chi connectivity index (χ2v) is 7.88. The van der Waals surface area contributed by atoms with Gasteiger partial charge in [-0.1, -0.05) is 12.5 Å². The average molecular weight is 420 g/mol. The maximum absolute atomic E-state index is 13.2. The van der Waals surface area contributed by atoms with Gasteiger partial charge in [-0.05, 0) is 63.1 Å². The number of aryl methyl sites for hydroxylation is 2. The second kappa shape index (κ2) is 9.26. The first-order chi connectivity index (χ1) is 15.0. The number of piperidine rings is 1. The molecule has 1 unspecified atom stereocenters. The van der Waals surface area contributed by atoms with E-state index in [-0.39, 0.29) is 17.8 Å². The van der Waals surface area contributed by atoms with Crippen LogP contribution in [-0.2, 0) is 6.54 Å². The Kier molecular flexibility index (Phi) is 6.27. The van der Waals surface area contributed by atoms with Crippen LogP contribution in [0.4, 0.5) is 10.2 Å². The SMILES string of the molecule is Cc1ccc(NC(=O)c2cc(C)nc(C3CCCCN3Cc3ccc(F)cn3)n2)nc1. The number of carbonyl (C=O) groups is 1. The number of carbonyl (C=O) groups excluding carboxylic acids is 1. The number of hydrogen-bond donors (Lipinski definition) is 1. The molecule has 3 aromatic rings. The summed E-state index contributed by atoms with van der Waals surface area (Å²) >= 11 is 0. The minimum Gasteiger partial charge on any atom is -0.305 e. The van der Waals surface area contributed by atoms with E-state index in [9.17, 15) is 9.18 Å². The Bertz CT molecular complexity index is 1050. The van der Waals surface area contributed by atoms with Gasteiger partial charge in [0.15, 0.2) is 0 Å². The molecule has 4 heterocycles. The van der Waals surface area contributed by atoms with Crippen molar-refractivity contribution < 1.29 is 9.18 Å². The van der Waals surface area contributed by atoms with Gasteiger partial charge in [-0.25, -0.2) is 19.3 Å². The van der Waals surface area contributed by atoms with Crippen LogP contribution >= 0.6 is 0 Å². The van der Waals surface area contributed by atoms with E-state index in [1.54, 1.807) is 24.4 Å². The Morgan fingerprint density at radius 3 is 2.74 bits per heavy atom. The van der Waals surface area contributed by atoms with Crippen molar-refractivity contribution >= 4 is 11.7 Å². The standard InChI is InChI=1S/C23H25FN6O/c1-15-6-9-21(26-12-15)29-23(31)19-11-16(2)27-22(28-19)20-5-3-4-10-30(20)14-18-8-7-17(24)13-25-18/h6-9,11-13,20H,3-5,10,14H2,1-2H3,(H,26,29,31). The fourth-order valence-electron chi connectivity index (χ4n) is 3.76. The molecule has 1 N–H and O–H groups in total. The topological polar surface area (TPSA) is 83.9 Å². The molecule has 0 bridgehead atoms. The summed E-state index contributed by atoms with van der Waals surface area (Å²) in [5, 5.41) is 2.80. The minimum absolute atomic E-state index is 0.0236. The summed E-state index contributed by atoms with van der Waals surface area (Å²) in [6, 6.07) is 8.44. The number of pyridine rings is 2. The Morgan fingerprint density at radius 2 is 2.00 bits per heavy atom. The lowest BCUT2D eigenvalue weighted by atomic mass is 10.0. The van der Waals surface area contributed by atoms with Crippen molar-refractivity contribution in [3.63, 3.8) is 0 Å². The van der Waals surface area contributed by atoms with Gasteiger partial charge >= 0.3 is 0 Å². The second-order valence-electron chi connectivity index (χ2n) is 7.88. The van der Waals surface area contributed by atoms with Gasteiger partial charge in [0.25, 0.3) is 5.91 Å². The quantitative estimate of drug-likeness (QED) is 0.672. The lowest BCUT2D eigenvalue weighted by Crippen LogP contribution is -2.34. The van der Waals surface area contributed by atoms with Gasteiger partial charge in [0, 0.05) is 18.4 Å². The van der Waals surface area contributed by atoms with Crippen molar-refractivity contribution in [1.29, 1.82) is 0 Å². The van der Waals surface area contributed by atoms with E-state index in [1.807, 2.05) is 19.9 Å². The molecule has 0 aliphatic carbocycles. The predicted molar refractivity (Wildman–Crippen MR) is 115 cm³/mol. The molecule has 1 amide bonds. The third-order valence-corrected chi connectivity index (χ3v) is 5.32. The number of anilines is 1. The van der Waals surface area contributed by atoms with Crippen LogP contribution in [0.15, 0.2) is 42.7 Å². The van der Waals surface area contributed by atoms with Crippen LogP contribution in [0.3, 0.4) is 0 Å². The van der Waals surface area contributed by atoms with Gasteiger partial charge in [-0.3, -0.25) is 14.7 Å². The molecule has 1 fully saturated rings. The number of amides is 1. The van der Waals surface area contributed by atoms with Crippen LogP contribution in [0.25, 0.3) is 0 Å². The van der Waals surface area contributed by atoms with Gasteiger partial charge < -0.3 is 5.32 Å². The summed E-state index contributed by atoms with van der Waals surface area (Å²) in [7, 11) is 0. The maximum atomic E-state index is 13.2. The Morgan fingerprint density at radius 1 is 1.13 bits per heavy atom. The van der Waals surface area contributed by atoms with E-state index in [4.69, 9.17) is 0 Å². The number of aromatic nitrogens is 4. The highest BCUT2D eigenvalue weighted by Crippen LogP contribution is 2.30. The average Bonchev–Trinajstić information content (AvgIpc) is 2.77. The van der Waals surface area contributed by atoms with Gasteiger partial charge in [-0.2, -0.15) is 0 Å². The summed E-state index contributed by atoms with van der Waals surface area (Å²) in [5.74, 6) is 0.448. The molecule has 1 saturated heterocycles. The van der Waals surface area contributed by atoms with E-state index in [0.29, 0.717) is 23.9 Å². The fraction of sp³-hybridized carbons (Fsp3) is 0.348. The summed E-state index contributed by atoms with van der Waals surface area (Å²) in [6.07, 6.45) is 5.96. The number of rotatable bonds is 5. The van der Waals surface area contributed by atoms with Crippen LogP contribution in [0.2, 0.25) is 0 Å². The zero-order chi connectivity index (χ0) is 21.8. The Balaban J connectivity index is 1.55. The molecule has 1 atom stereocenters. The van der Waals surface area contributed by atoms with Crippen LogP contribution < -0.4 is 5.32 Å². The minimum atomic E-state index is -0.348. The van der Waals surface area contributed by atoms with Crippen molar-refractivity contribution in [2.75, 3.05) is 11.9 Å². The van der Waals surface area contributed by atoms with Crippen LogP contribution in [0, 0.1) is 19.7 Å². The highest BCUT2D eigenvalue weighted by atomic mass is 19.1. The molecule has 1 aliphatic rings. The fourth-order valence-corrected chi connectivity index (χ4v) is 3.76. The zero-order valence-corrected chi connectivity index (χ0v) is 17.7. The van der Waals surface area contributed by atoms with Gasteiger partial charge in [0.05, 0.1) is 17.9 Å². The van der Waals surface area contributed by atoms with Crippen molar-refractivity contribution in [3.05, 3.63) is 77.0 Å². The van der Waals surface area contributed by atoms with Crippen LogP contribution in [0.5, 0.6) is 0 Å².